The third-order valence-electron chi connectivity index (χ3n) is 6.41. The first-order chi connectivity index (χ1) is 12.1. The zero-order chi connectivity index (χ0) is 17.6. The van der Waals surface area contributed by atoms with Gasteiger partial charge in [0, 0.05) is 37.5 Å². The fourth-order valence-electron chi connectivity index (χ4n) is 5.08. The highest BCUT2D eigenvalue weighted by Gasteiger charge is 2.56. The van der Waals surface area contributed by atoms with E-state index in [9.17, 15) is 5.11 Å². The van der Waals surface area contributed by atoms with Crippen LogP contribution < -0.4 is 0 Å². The molecule has 4 heterocycles. The SMILES string of the molecule is CCC1C[N+]2(F)CCC1CC2[C@@H](OC)c1ccnc2ccc(O)cc12. The van der Waals surface area contributed by atoms with E-state index in [4.69, 9.17) is 4.74 Å². The van der Waals surface area contributed by atoms with Crippen LogP contribution in [0.2, 0.25) is 0 Å². The van der Waals surface area contributed by atoms with Crippen LogP contribution >= 0.6 is 0 Å². The maximum Gasteiger partial charge on any atom is 0.155 e. The van der Waals surface area contributed by atoms with Gasteiger partial charge in [-0.2, -0.15) is 0 Å². The Morgan fingerprint density at radius 1 is 1.40 bits per heavy atom. The van der Waals surface area contributed by atoms with Gasteiger partial charge in [-0.05, 0) is 46.6 Å². The van der Waals surface area contributed by atoms with Crippen molar-refractivity contribution in [2.45, 2.75) is 38.3 Å². The van der Waals surface area contributed by atoms with Gasteiger partial charge in [0.15, 0.2) is 6.04 Å². The van der Waals surface area contributed by atoms with Crippen molar-refractivity contribution < 1.29 is 19.0 Å². The number of aromatic nitrogens is 1. The highest BCUT2D eigenvalue weighted by molar-refractivity contribution is 5.83. The number of benzene rings is 1. The predicted molar refractivity (Wildman–Crippen MR) is 94.6 cm³/mol. The van der Waals surface area contributed by atoms with Crippen molar-refractivity contribution in [1.29, 1.82) is 0 Å². The molecule has 0 spiro atoms. The first kappa shape index (κ1) is 16.7. The van der Waals surface area contributed by atoms with Crippen molar-refractivity contribution >= 4 is 10.9 Å². The summed E-state index contributed by atoms with van der Waals surface area (Å²) in [6.07, 6.45) is 4.29. The number of phenolic OH excluding ortho intramolecular Hbond substituents is 1. The van der Waals surface area contributed by atoms with E-state index in [-0.39, 0.29) is 17.9 Å². The topological polar surface area (TPSA) is 42.4 Å². The molecule has 3 saturated heterocycles. The van der Waals surface area contributed by atoms with Crippen molar-refractivity contribution in [1.82, 2.24) is 4.98 Å². The van der Waals surface area contributed by atoms with Crippen LogP contribution in [0.5, 0.6) is 5.75 Å². The molecule has 0 saturated carbocycles. The van der Waals surface area contributed by atoms with Gasteiger partial charge in [-0.15, -0.1) is 4.71 Å². The number of fused-ring (bicyclic) bond motifs is 4. The van der Waals surface area contributed by atoms with Crippen LogP contribution in [0.1, 0.15) is 37.9 Å². The average molecular weight is 345 g/mol. The van der Waals surface area contributed by atoms with Gasteiger partial charge in [-0.3, -0.25) is 4.98 Å². The van der Waals surface area contributed by atoms with Crippen molar-refractivity contribution in [3.05, 3.63) is 36.0 Å². The lowest BCUT2D eigenvalue weighted by molar-refractivity contribution is -1.09. The second-order valence-corrected chi connectivity index (χ2v) is 7.61. The molecular formula is C20H26FN2O2+. The van der Waals surface area contributed by atoms with Crippen molar-refractivity contribution in [3.8, 4) is 5.75 Å². The van der Waals surface area contributed by atoms with Crippen molar-refractivity contribution in [2.24, 2.45) is 11.8 Å². The Kier molecular flexibility index (Phi) is 4.16. The Bertz CT molecular complexity index is 783. The fourth-order valence-corrected chi connectivity index (χ4v) is 5.08. The second kappa shape index (κ2) is 6.22. The number of pyridine rings is 1. The average Bonchev–Trinajstić information content (AvgIpc) is 2.63. The number of halogens is 1. The monoisotopic (exact) mass is 345 g/mol. The molecule has 2 aromatic rings. The van der Waals surface area contributed by atoms with E-state index in [0.717, 1.165) is 35.7 Å². The van der Waals surface area contributed by atoms with Crippen LogP contribution in [0.25, 0.3) is 10.9 Å². The third kappa shape index (κ3) is 2.70. The highest BCUT2D eigenvalue weighted by atomic mass is 19.2. The summed E-state index contributed by atoms with van der Waals surface area (Å²) < 4.78 is 21.3. The zero-order valence-corrected chi connectivity index (χ0v) is 14.9. The lowest BCUT2D eigenvalue weighted by Crippen LogP contribution is -2.64. The van der Waals surface area contributed by atoms with E-state index < -0.39 is 4.71 Å². The van der Waals surface area contributed by atoms with Crippen LogP contribution in [0.15, 0.2) is 30.5 Å². The molecule has 0 aliphatic carbocycles. The smallest absolute Gasteiger partial charge is 0.155 e. The molecule has 0 amide bonds. The molecule has 4 unspecified atom stereocenters. The molecule has 1 aromatic carbocycles. The summed E-state index contributed by atoms with van der Waals surface area (Å²) in [5.41, 5.74) is 1.72. The van der Waals surface area contributed by atoms with Gasteiger partial charge >= 0.3 is 0 Å². The minimum absolute atomic E-state index is 0.192. The molecule has 25 heavy (non-hydrogen) atoms. The molecule has 134 valence electrons. The molecule has 3 fully saturated rings. The summed E-state index contributed by atoms with van der Waals surface area (Å²) in [6, 6.07) is 6.84. The largest absolute Gasteiger partial charge is 0.508 e. The molecule has 2 bridgehead atoms. The molecule has 4 nitrogen and oxygen atoms in total. The van der Waals surface area contributed by atoms with Crippen molar-refractivity contribution in [3.63, 3.8) is 0 Å². The predicted octanol–water partition coefficient (Wildman–Crippen LogP) is 4.15. The Balaban J connectivity index is 1.76. The minimum atomic E-state index is -0.393. The van der Waals surface area contributed by atoms with Crippen LogP contribution in [-0.4, -0.2) is 41.0 Å². The number of quaternary nitrogens is 1. The van der Waals surface area contributed by atoms with E-state index >= 15 is 4.48 Å². The first-order valence-corrected chi connectivity index (χ1v) is 9.22. The number of hydrogen-bond acceptors (Lipinski definition) is 3. The number of piperidine rings is 3. The molecule has 1 aromatic heterocycles. The van der Waals surface area contributed by atoms with Gasteiger partial charge in [0.1, 0.15) is 24.9 Å². The summed E-state index contributed by atoms with van der Waals surface area (Å²) in [5.74, 6) is 1.26. The molecule has 3 aliphatic heterocycles. The number of hydrogen-bond donors (Lipinski definition) is 1. The first-order valence-electron chi connectivity index (χ1n) is 9.22. The Morgan fingerprint density at radius 3 is 2.96 bits per heavy atom. The maximum absolute atomic E-state index is 15.8. The standard InChI is InChI=1S/C20H25FN2O2/c1-3-13-12-23(21)9-7-14(13)10-19(23)20(25-2)16-6-8-22-18-5-4-15(24)11-17(16)18/h4-6,8,11,13-14,19-20H,3,7,9-10,12H2,1-2H3/p+1/t13?,14?,19?,20-,23?/m0/s1. The van der Waals surface area contributed by atoms with E-state index in [0.29, 0.717) is 24.9 Å². The van der Waals surface area contributed by atoms with Crippen molar-refractivity contribution in [2.75, 3.05) is 20.2 Å². The Morgan fingerprint density at radius 2 is 2.24 bits per heavy atom. The van der Waals surface area contributed by atoms with Crippen LogP contribution in [0, 0.1) is 11.8 Å². The third-order valence-corrected chi connectivity index (χ3v) is 6.41. The van der Waals surface area contributed by atoms with Crippen LogP contribution in [0.4, 0.5) is 4.48 Å². The van der Waals surface area contributed by atoms with Crippen LogP contribution in [-0.2, 0) is 4.74 Å². The molecule has 3 aliphatic rings. The number of nitrogens with zero attached hydrogens (tertiary/aromatic N) is 2. The summed E-state index contributed by atoms with van der Waals surface area (Å²) in [6.45, 7) is 3.35. The number of aromatic hydroxyl groups is 1. The second-order valence-electron chi connectivity index (χ2n) is 7.61. The van der Waals surface area contributed by atoms with Crippen LogP contribution in [0.3, 0.4) is 0 Å². The summed E-state index contributed by atoms with van der Waals surface area (Å²) >= 11 is 0. The zero-order valence-electron chi connectivity index (χ0n) is 14.9. The summed E-state index contributed by atoms with van der Waals surface area (Å²) in [4.78, 5) is 4.37. The number of methoxy groups -OCH3 is 1. The molecule has 5 rings (SSSR count). The fraction of sp³-hybridized carbons (Fsp3) is 0.550. The minimum Gasteiger partial charge on any atom is -0.508 e. The number of phenols is 1. The highest BCUT2D eigenvalue weighted by Crippen LogP contribution is 2.48. The van der Waals surface area contributed by atoms with E-state index in [1.54, 1.807) is 31.5 Å². The van der Waals surface area contributed by atoms with Gasteiger partial charge in [0.05, 0.1) is 5.52 Å². The maximum atomic E-state index is 15.8. The molecule has 5 heteroatoms. The summed E-state index contributed by atoms with van der Waals surface area (Å²) in [5, 5.41) is 10.7. The lowest BCUT2D eigenvalue weighted by Gasteiger charge is -2.51. The molecular weight excluding hydrogens is 319 g/mol. The molecule has 5 atom stereocenters. The van der Waals surface area contributed by atoms with E-state index in [1.807, 2.05) is 6.07 Å². The van der Waals surface area contributed by atoms with Gasteiger partial charge in [0.25, 0.3) is 0 Å². The van der Waals surface area contributed by atoms with Gasteiger partial charge < -0.3 is 9.84 Å². The number of rotatable bonds is 4. The Labute approximate surface area is 147 Å². The van der Waals surface area contributed by atoms with E-state index in [2.05, 4.69) is 11.9 Å². The van der Waals surface area contributed by atoms with Gasteiger partial charge in [-0.1, -0.05) is 6.92 Å². The molecule has 0 radical (unpaired) electrons. The molecule has 1 N–H and O–H groups in total. The van der Waals surface area contributed by atoms with Gasteiger partial charge in [-0.25, -0.2) is 0 Å². The quantitative estimate of drug-likeness (QED) is 0.847. The van der Waals surface area contributed by atoms with Gasteiger partial charge in [0.2, 0.25) is 0 Å². The van der Waals surface area contributed by atoms with E-state index in [1.165, 1.54) is 0 Å². The summed E-state index contributed by atoms with van der Waals surface area (Å²) in [7, 11) is 1.66. The Hall–Kier alpha value is -1.72. The lowest BCUT2D eigenvalue weighted by atomic mass is 9.72. The normalized spacial score (nSPS) is 32.8. The number of ether oxygens (including phenoxy) is 1.